The van der Waals surface area contributed by atoms with Crippen LogP contribution in [0, 0.1) is 0 Å². The van der Waals surface area contributed by atoms with E-state index in [4.69, 9.17) is 10.8 Å². The molecule has 0 aliphatic rings. The first-order chi connectivity index (χ1) is 13.5. The molecule has 4 rings (SSSR count). The SMILES string of the molecule is NC(CNC(=O)c1cc2c(-c3cccc4ccccc34)cccc2[nH]1)C(=O)O. The van der Waals surface area contributed by atoms with Crippen molar-refractivity contribution < 1.29 is 14.7 Å². The van der Waals surface area contributed by atoms with Gasteiger partial charge in [-0.3, -0.25) is 9.59 Å². The molecule has 0 aliphatic heterocycles. The van der Waals surface area contributed by atoms with Crippen molar-refractivity contribution in [2.45, 2.75) is 6.04 Å². The van der Waals surface area contributed by atoms with Crippen LogP contribution in [-0.4, -0.2) is 34.6 Å². The van der Waals surface area contributed by atoms with Gasteiger partial charge in [0.15, 0.2) is 0 Å². The standard InChI is InChI=1S/C22H19N3O3/c23-18(22(27)28)12-24-21(26)20-11-17-16(9-4-10-19(17)25-20)15-8-3-6-13-5-1-2-7-14(13)15/h1-11,18,25H,12,23H2,(H,24,26)(H,27,28). The summed E-state index contributed by atoms with van der Waals surface area (Å²) in [6, 6.07) is 20.8. The highest BCUT2D eigenvalue weighted by molar-refractivity contribution is 6.07. The minimum Gasteiger partial charge on any atom is -0.480 e. The highest BCUT2D eigenvalue weighted by Gasteiger charge is 2.16. The number of nitrogens with one attached hydrogen (secondary N) is 2. The van der Waals surface area contributed by atoms with Crippen LogP contribution in [0.2, 0.25) is 0 Å². The van der Waals surface area contributed by atoms with E-state index in [1.165, 1.54) is 0 Å². The average molecular weight is 373 g/mol. The van der Waals surface area contributed by atoms with Crippen LogP contribution in [0.5, 0.6) is 0 Å². The highest BCUT2D eigenvalue weighted by Crippen LogP contribution is 2.34. The van der Waals surface area contributed by atoms with E-state index in [1.54, 1.807) is 6.07 Å². The summed E-state index contributed by atoms with van der Waals surface area (Å²) in [6.45, 7) is -0.139. The van der Waals surface area contributed by atoms with E-state index in [9.17, 15) is 9.59 Å². The first-order valence-electron chi connectivity index (χ1n) is 8.91. The number of carboxylic acids is 1. The topological polar surface area (TPSA) is 108 Å². The van der Waals surface area contributed by atoms with Crippen LogP contribution in [0.1, 0.15) is 10.5 Å². The van der Waals surface area contributed by atoms with Gasteiger partial charge in [0.05, 0.1) is 0 Å². The number of hydrogen-bond donors (Lipinski definition) is 4. The zero-order valence-electron chi connectivity index (χ0n) is 15.0. The zero-order chi connectivity index (χ0) is 19.7. The first-order valence-corrected chi connectivity index (χ1v) is 8.91. The number of carboxylic acid groups (broad SMARTS) is 1. The van der Waals surface area contributed by atoms with E-state index in [0.717, 1.165) is 32.8 Å². The third-order valence-corrected chi connectivity index (χ3v) is 4.79. The van der Waals surface area contributed by atoms with Gasteiger partial charge in [0.2, 0.25) is 0 Å². The number of carbonyl (C=O) groups excluding carboxylic acids is 1. The predicted molar refractivity (Wildman–Crippen MR) is 109 cm³/mol. The molecule has 1 aromatic heterocycles. The van der Waals surface area contributed by atoms with Crippen LogP contribution in [0.25, 0.3) is 32.8 Å². The molecule has 0 fully saturated rings. The second kappa shape index (κ2) is 7.17. The van der Waals surface area contributed by atoms with E-state index in [-0.39, 0.29) is 6.54 Å². The molecule has 0 bridgehead atoms. The number of benzene rings is 3. The van der Waals surface area contributed by atoms with Crippen LogP contribution < -0.4 is 11.1 Å². The summed E-state index contributed by atoms with van der Waals surface area (Å²) in [4.78, 5) is 26.3. The number of carbonyl (C=O) groups is 2. The molecule has 0 spiro atoms. The molecule has 1 atom stereocenters. The molecule has 28 heavy (non-hydrogen) atoms. The number of aromatic nitrogens is 1. The van der Waals surface area contributed by atoms with E-state index in [2.05, 4.69) is 34.6 Å². The third-order valence-electron chi connectivity index (χ3n) is 4.79. The molecule has 4 aromatic rings. The number of hydrogen-bond acceptors (Lipinski definition) is 3. The first kappa shape index (κ1) is 17.8. The van der Waals surface area contributed by atoms with Crippen LogP contribution in [0.3, 0.4) is 0 Å². The molecule has 1 unspecified atom stereocenters. The van der Waals surface area contributed by atoms with Crippen LogP contribution in [-0.2, 0) is 4.79 Å². The van der Waals surface area contributed by atoms with E-state index >= 15 is 0 Å². The summed E-state index contributed by atoms with van der Waals surface area (Å²) in [6.07, 6.45) is 0. The Morgan fingerprint density at radius 1 is 0.964 bits per heavy atom. The maximum Gasteiger partial charge on any atom is 0.322 e. The van der Waals surface area contributed by atoms with Gasteiger partial charge in [-0.2, -0.15) is 0 Å². The Morgan fingerprint density at radius 3 is 2.43 bits per heavy atom. The molecular formula is C22H19N3O3. The smallest absolute Gasteiger partial charge is 0.322 e. The van der Waals surface area contributed by atoms with Gasteiger partial charge in [-0.1, -0.05) is 54.6 Å². The molecule has 140 valence electrons. The normalized spacial score (nSPS) is 12.2. The van der Waals surface area contributed by atoms with Gasteiger partial charge < -0.3 is 21.1 Å². The van der Waals surface area contributed by atoms with Crippen molar-refractivity contribution >= 4 is 33.6 Å². The Hall–Kier alpha value is -3.64. The third kappa shape index (κ3) is 3.21. The number of nitrogens with two attached hydrogens (primary N) is 1. The Balaban J connectivity index is 1.74. The molecule has 1 heterocycles. The maximum atomic E-state index is 12.4. The lowest BCUT2D eigenvalue weighted by Gasteiger charge is -2.08. The second-order valence-corrected chi connectivity index (χ2v) is 6.63. The second-order valence-electron chi connectivity index (χ2n) is 6.63. The number of H-pyrrole nitrogens is 1. The van der Waals surface area contributed by atoms with E-state index < -0.39 is 17.9 Å². The molecule has 0 aliphatic carbocycles. The van der Waals surface area contributed by atoms with Crippen LogP contribution in [0.4, 0.5) is 0 Å². The monoisotopic (exact) mass is 373 g/mol. The number of fused-ring (bicyclic) bond motifs is 2. The predicted octanol–water partition coefficient (Wildman–Crippen LogP) is 3.13. The number of rotatable bonds is 5. The van der Waals surface area contributed by atoms with Gasteiger partial charge in [-0.25, -0.2) is 0 Å². The van der Waals surface area contributed by atoms with Crippen molar-refractivity contribution in [1.29, 1.82) is 0 Å². The van der Waals surface area contributed by atoms with E-state index in [1.807, 2.05) is 36.4 Å². The Morgan fingerprint density at radius 2 is 1.64 bits per heavy atom. The van der Waals surface area contributed by atoms with Gasteiger partial charge in [-0.05, 0) is 34.0 Å². The van der Waals surface area contributed by atoms with Crippen molar-refractivity contribution in [3.63, 3.8) is 0 Å². The summed E-state index contributed by atoms with van der Waals surface area (Å²) in [7, 11) is 0. The Bertz CT molecular complexity index is 1190. The van der Waals surface area contributed by atoms with Crippen molar-refractivity contribution in [3.8, 4) is 11.1 Å². The fourth-order valence-electron chi connectivity index (χ4n) is 3.36. The zero-order valence-corrected chi connectivity index (χ0v) is 15.0. The number of aliphatic carboxylic acids is 1. The molecule has 3 aromatic carbocycles. The van der Waals surface area contributed by atoms with Crippen molar-refractivity contribution in [1.82, 2.24) is 10.3 Å². The number of aromatic amines is 1. The van der Waals surface area contributed by atoms with Crippen molar-refractivity contribution in [2.24, 2.45) is 5.73 Å². The lowest BCUT2D eigenvalue weighted by atomic mass is 9.96. The molecule has 6 heteroatoms. The van der Waals surface area contributed by atoms with E-state index in [0.29, 0.717) is 5.69 Å². The fraction of sp³-hybridized carbons (Fsp3) is 0.0909. The lowest BCUT2D eigenvalue weighted by molar-refractivity contribution is -0.138. The quantitative estimate of drug-likeness (QED) is 0.431. The molecule has 0 radical (unpaired) electrons. The minimum absolute atomic E-state index is 0.139. The van der Waals surface area contributed by atoms with Gasteiger partial charge >= 0.3 is 5.97 Å². The summed E-state index contributed by atoms with van der Waals surface area (Å²) in [5.41, 5.74) is 8.75. The molecule has 6 nitrogen and oxygen atoms in total. The van der Waals surface area contributed by atoms with Crippen molar-refractivity contribution in [2.75, 3.05) is 6.54 Å². The molecule has 0 saturated heterocycles. The highest BCUT2D eigenvalue weighted by atomic mass is 16.4. The molecule has 1 amide bonds. The van der Waals surface area contributed by atoms with Crippen molar-refractivity contribution in [3.05, 3.63) is 72.4 Å². The summed E-state index contributed by atoms with van der Waals surface area (Å²) in [5.74, 6) is -1.55. The van der Waals surface area contributed by atoms with Gasteiger partial charge in [0.1, 0.15) is 11.7 Å². The molecule has 0 saturated carbocycles. The van der Waals surface area contributed by atoms with Gasteiger partial charge in [0.25, 0.3) is 5.91 Å². The molecular weight excluding hydrogens is 354 g/mol. The minimum atomic E-state index is -1.16. The largest absolute Gasteiger partial charge is 0.480 e. The van der Waals surface area contributed by atoms with Gasteiger partial charge in [0, 0.05) is 17.4 Å². The number of amides is 1. The lowest BCUT2D eigenvalue weighted by Crippen LogP contribution is -2.42. The Kier molecular flexibility index (Phi) is 4.55. The summed E-state index contributed by atoms with van der Waals surface area (Å²) >= 11 is 0. The molecule has 5 N–H and O–H groups in total. The van der Waals surface area contributed by atoms with Crippen LogP contribution >= 0.6 is 0 Å². The Labute approximate surface area is 161 Å². The van der Waals surface area contributed by atoms with Crippen LogP contribution in [0.15, 0.2) is 66.7 Å². The fourth-order valence-corrected chi connectivity index (χ4v) is 3.36. The summed E-state index contributed by atoms with van der Waals surface area (Å²) in [5, 5.41) is 14.6. The summed E-state index contributed by atoms with van der Waals surface area (Å²) < 4.78 is 0. The average Bonchev–Trinajstić information content (AvgIpc) is 3.15. The maximum absolute atomic E-state index is 12.4. The van der Waals surface area contributed by atoms with Gasteiger partial charge in [-0.15, -0.1) is 0 Å².